The average molecular weight is 401 g/mol. The van der Waals surface area contributed by atoms with Crippen molar-refractivity contribution >= 4 is 12.1 Å². The molecule has 7 nitrogen and oxygen atoms in total. The average Bonchev–Trinajstić information content (AvgIpc) is 2.64. The molecule has 0 aromatic heterocycles. The van der Waals surface area contributed by atoms with Crippen LogP contribution < -0.4 is 14.8 Å². The SMILES string of the molecule is COc1cc(C(CC(=O)O)NC(=O)OC(C)(C)C)ccc1OCc1ccccc1. The lowest BCUT2D eigenvalue weighted by Crippen LogP contribution is -2.35. The van der Waals surface area contributed by atoms with E-state index in [9.17, 15) is 14.7 Å². The van der Waals surface area contributed by atoms with Gasteiger partial charge in [-0.1, -0.05) is 36.4 Å². The number of nitrogens with one attached hydrogen (secondary N) is 1. The molecule has 29 heavy (non-hydrogen) atoms. The van der Waals surface area contributed by atoms with Crippen LogP contribution in [0.15, 0.2) is 48.5 Å². The molecule has 0 aliphatic rings. The highest BCUT2D eigenvalue weighted by molar-refractivity contribution is 5.72. The second-order valence-electron chi connectivity index (χ2n) is 7.48. The minimum absolute atomic E-state index is 0.299. The van der Waals surface area contributed by atoms with E-state index in [1.54, 1.807) is 39.0 Å². The number of carbonyl (C=O) groups is 2. The molecule has 0 spiro atoms. The molecule has 156 valence electrons. The summed E-state index contributed by atoms with van der Waals surface area (Å²) in [5.41, 5.74) is 0.890. The van der Waals surface area contributed by atoms with Gasteiger partial charge in [0, 0.05) is 0 Å². The highest BCUT2D eigenvalue weighted by Crippen LogP contribution is 2.32. The Morgan fingerprint density at radius 2 is 1.76 bits per heavy atom. The summed E-state index contributed by atoms with van der Waals surface area (Å²) in [5.74, 6) is -0.0827. The number of benzene rings is 2. The van der Waals surface area contributed by atoms with E-state index in [1.165, 1.54) is 7.11 Å². The quantitative estimate of drug-likeness (QED) is 0.684. The Labute approximate surface area is 170 Å². The summed E-state index contributed by atoms with van der Waals surface area (Å²) in [6.45, 7) is 5.58. The van der Waals surface area contributed by atoms with Gasteiger partial charge in [-0.3, -0.25) is 4.79 Å². The van der Waals surface area contributed by atoms with Gasteiger partial charge in [-0.15, -0.1) is 0 Å². The van der Waals surface area contributed by atoms with Crippen LogP contribution in [0.25, 0.3) is 0 Å². The lowest BCUT2D eigenvalue weighted by atomic mass is 10.0. The summed E-state index contributed by atoms with van der Waals surface area (Å²) in [6.07, 6.45) is -0.987. The second-order valence-corrected chi connectivity index (χ2v) is 7.48. The fourth-order valence-electron chi connectivity index (χ4n) is 2.63. The molecular weight excluding hydrogens is 374 g/mol. The number of carbonyl (C=O) groups excluding carboxylic acids is 1. The fourth-order valence-corrected chi connectivity index (χ4v) is 2.63. The molecule has 2 aromatic carbocycles. The standard InChI is InChI=1S/C22H27NO6/c1-22(2,3)29-21(26)23-17(13-20(24)25)16-10-11-18(19(12-16)27-4)28-14-15-8-6-5-7-9-15/h5-12,17H,13-14H2,1-4H3,(H,23,26)(H,24,25). The zero-order chi connectivity index (χ0) is 21.4. The molecule has 2 rings (SSSR count). The number of alkyl carbamates (subject to hydrolysis) is 1. The van der Waals surface area contributed by atoms with E-state index in [0.717, 1.165) is 5.56 Å². The van der Waals surface area contributed by atoms with Gasteiger partial charge in [-0.05, 0) is 44.0 Å². The minimum Gasteiger partial charge on any atom is -0.493 e. The number of aliphatic carboxylic acids is 1. The number of rotatable bonds is 8. The first-order valence-electron chi connectivity index (χ1n) is 9.24. The van der Waals surface area contributed by atoms with Crippen molar-refractivity contribution in [2.24, 2.45) is 0 Å². The highest BCUT2D eigenvalue weighted by Gasteiger charge is 2.23. The van der Waals surface area contributed by atoms with Gasteiger partial charge in [0.2, 0.25) is 0 Å². The summed E-state index contributed by atoms with van der Waals surface area (Å²) >= 11 is 0. The van der Waals surface area contributed by atoms with Crippen LogP contribution >= 0.6 is 0 Å². The van der Waals surface area contributed by atoms with Crippen molar-refractivity contribution in [2.75, 3.05) is 7.11 Å². The van der Waals surface area contributed by atoms with Crippen LogP contribution in [-0.4, -0.2) is 29.9 Å². The third kappa shape index (κ3) is 7.37. The summed E-state index contributed by atoms with van der Waals surface area (Å²) < 4.78 is 16.5. The first-order valence-corrected chi connectivity index (χ1v) is 9.24. The van der Waals surface area contributed by atoms with Crippen molar-refractivity contribution in [2.45, 2.75) is 45.4 Å². The third-order valence-corrected chi connectivity index (χ3v) is 3.90. The maximum atomic E-state index is 12.1. The van der Waals surface area contributed by atoms with Gasteiger partial charge >= 0.3 is 12.1 Å². The Morgan fingerprint density at radius 1 is 1.07 bits per heavy atom. The van der Waals surface area contributed by atoms with Crippen LogP contribution in [0.4, 0.5) is 4.79 Å². The van der Waals surface area contributed by atoms with Gasteiger partial charge in [0.25, 0.3) is 0 Å². The van der Waals surface area contributed by atoms with Gasteiger partial charge in [0.05, 0.1) is 19.6 Å². The first-order chi connectivity index (χ1) is 13.7. The van der Waals surface area contributed by atoms with Crippen molar-refractivity contribution in [3.63, 3.8) is 0 Å². The smallest absolute Gasteiger partial charge is 0.408 e. The number of amides is 1. The van der Waals surface area contributed by atoms with Gasteiger partial charge < -0.3 is 24.6 Å². The topological polar surface area (TPSA) is 94.1 Å². The molecule has 1 atom stereocenters. The zero-order valence-electron chi connectivity index (χ0n) is 17.1. The normalized spacial score (nSPS) is 12.0. The van der Waals surface area contributed by atoms with Crippen molar-refractivity contribution in [1.82, 2.24) is 5.32 Å². The number of hydrogen-bond acceptors (Lipinski definition) is 5. The summed E-state index contributed by atoms with van der Waals surface area (Å²) in [5, 5.41) is 11.8. The summed E-state index contributed by atoms with van der Waals surface area (Å²) in [4.78, 5) is 23.4. The Morgan fingerprint density at radius 3 is 2.34 bits per heavy atom. The molecule has 1 unspecified atom stereocenters. The molecule has 0 aliphatic carbocycles. The zero-order valence-corrected chi connectivity index (χ0v) is 17.1. The molecule has 0 saturated heterocycles. The van der Waals surface area contributed by atoms with E-state index in [1.807, 2.05) is 30.3 Å². The van der Waals surface area contributed by atoms with Crippen LogP contribution in [-0.2, 0) is 16.1 Å². The molecule has 1 amide bonds. The van der Waals surface area contributed by atoms with Gasteiger partial charge in [-0.25, -0.2) is 4.79 Å². The number of hydrogen-bond donors (Lipinski definition) is 2. The van der Waals surface area contributed by atoms with Crippen LogP contribution in [0.5, 0.6) is 11.5 Å². The molecule has 0 radical (unpaired) electrons. The van der Waals surface area contributed by atoms with E-state index in [-0.39, 0.29) is 6.42 Å². The van der Waals surface area contributed by atoms with E-state index >= 15 is 0 Å². The van der Waals surface area contributed by atoms with Crippen LogP contribution in [0, 0.1) is 0 Å². The Hall–Kier alpha value is -3.22. The summed E-state index contributed by atoms with van der Waals surface area (Å²) in [7, 11) is 1.50. The van der Waals surface area contributed by atoms with Crippen LogP contribution in [0.2, 0.25) is 0 Å². The van der Waals surface area contributed by atoms with Crippen molar-refractivity contribution in [3.05, 3.63) is 59.7 Å². The van der Waals surface area contributed by atoms with Crippen LogP contribution in [0.3, 0.4) is 0 Å². The molecule has 0 fully saturated rings. The van der Waals surface area contributed by atoms with E-state index in [4.69, 9.17) is 14.2 Å². The molecule has 0 aliphatic heterocycles. The Bertz CT molecular complexity index is 829. The molecule has 0 heterocycles. The number of carboxylic acid groups (broad SMARTS) is 1. The minimum atomic E-state index is -1.05. The number of carboxylic acids is 1. The molecule has 2 aromatic rings. The molecule has 2 N–H and O–H groups in total. The summed E-state index contributed by atoms with van der Waals surface area (Å²) in [6, 6.07) is 14.0. The van der Waals surface area contributed by atoms with Gasteiger partial charge in [0.1, 0.15) is 12.2 Å². The van der Waals surface area contributed by atoms with Crippen LogP contribution in [0.1, 0.15) is 44.4 Å². The maximum Gasteiger partial charge on any atom is 0.408 e. The number of ether oxygens (including phenoxy) is 3. The van der Waals surface area contributed by atoms with E-state index in [2.05, 4.69) is 5.32 Å². The molecule has 0 bridgehead atoms. The van der Waals surface area contributed by atoms with Crippen molar-refractivity contribution in [1.29, 1.82) is 0 Å². The van der Waals surface area contributed by atoms with Crippen molar-refractivity contribution in [3.8, 4) is 11.5 Å². The predicted octanol–water partition coefficient (Wildman–Crippen LogP) is 4.31. The second kappa shape index (κ2) is 9.82. The van der Waals surface area contributed by atoms with Gasteiger partial charge in [0.15, 0.2) is 11.5 Å². The van der Waals surface area contributed by atoms with Gasteiger partial charge in [-0.2, -0.15) is 0 Å². The Kier molecular flexibility index (Phi) is 7.47. The molecular formula is C22H27NO6. The van der Waals surface area contributed by atoms with Crippen molar-refractivity contribution < 1.29 is 28.9 Å². The molecule has 7 heteroatoms. The maximum absolute atomic E-state index is 12.1. The lowest BCUT2D eigenvalue weighted by molar-refractivity contribution is -0.137. The van der Waals surface area contributed by atoms with E-state index in [0.29, 0.717) is 23.7 Å². The largest absolute Gasteiger partial charge is 0.493 e. The highest BCUT2D eigenvalue weighted by atomic mass is 16.6. The molecule has 0 saturated carbocycles. The lowest BCUT2D eigenvalue weighted by Gasteiger charge is -2.23. The van der Waals surface area contributed by atoms with E-state index < -0.39 is 23.7 Å². The first kappa shape index (κ1) is 22.1. The Balaban J connectivity index is 2.18. The number of methoxy groups -OCH3 is 1. The third-order valence-electron chi connectivity index (χ3n) is 3.90. The monoisotopic (exact) mass is 401 g/mol. The predicted molar refractivity (Wildman–Crippen MR) is 108 cm³/mol. The fraction of sp³-hybridized carbons (Fsp3) is 0.364.